The summed E-state index contributed by atoms with van der Waals surface area (Å²) >= 11 is 9.20. The number of nitrogens with one attached hydrogen (secondary N) is 1. The number of methoxy groups -OCH3 is 1. The molecule has 0 spiro atoms. The molecule has 0 saturated carbocycles. The summed E-state index contributed by atoms with van der Waals surface area (Å²) in [4.78, 5) is 23.9. The highest BCUT2D eigenvalue weighted by Gasteiger charge is 2.17. The first-order chi connectivity index (χ1) is 11.4. The minimum Gasteiger partial charge on any atom is -0.496 e. The molecule has 0 fully saturated rings. The number of hydrogen-bond donors (Lipinski definition) is 2. The van der Waals surface area contributed by atoms with Crippen molar-refractivity contribution in [2.45, 2.75) is 0 Å². The number of esters is 1. The summed E-state index contributed by atoms with van der Waals surface area (Å²) in [6.45, 7) is -0.444. The molecule has 0 aliphatic heterocycles. The number of carbonyl (C=O) groups is 2. The molecule has 3 N–H and O–H groups in total. The number of rotatable bonds is 5. The lowest BCUT2D eigenvalue weighted by Crippen LogP contribution is -2.21. The Hall–Kier alpha value is -2.25. The van der Waals surface area contributed by atoms with Gasteiger partial charge in [-0.15, -0.1) is 0 Å². The molecule has 6 nitrogen and oxygen atoms in total. The van der Waals surface area contributed by atoms with Gasteiger partial charge in [0, 0.05) is 16.2 Å². The summed E-state index contributed by atoms with van der Waals surface area (Å²) in [5.41, 5.74) is 6.61. The van der Waals surface area contributed by atoms with Crippen LogP contribution in [0.15, 0.2) is 40.9 Å². The van der Waals surface area contributed by atoms with Gasteiger partial charge in [0.05, 0.1) is 17.8 Å². The van der Waals surface area contributed by atoms with Gasteiger partial charge in [-0.2, -0.15) is 0 Å². The van der Waals surface area contributed by atoms with Gasteiger partial charge in [0.1, 0.15) is 11.3 Å². The van der Waals surface area contributed by atoms with Crippen LogP contribution in [0.5, 0.6) is 5.75 Å². The zero-order valence-corrected chi connectivity index (χ0v) is 15.0. The third kappa shape index (κ3) is 4.62. The van der Waals surface area contributed by atoms with Crippen LogP contribution in [0.2, 0.25) is 5.02 Å². The fourth-order valence-electron chi connectivity index (χ4n) is 1.84. The highest BCUT2D eigenvalue weighted by molar-refractivity contribution is 9.10. The van der Waals surface area contributed by atoms with Crippen LogP contribution in [0.4, 0.5) is 11.4 Å². The number of benzene rings is 2. The van der Waals surface area contributed by atoms with Crippen molar-refractivity contribution in [2.75, 3.05) is 24.8 Å². The number of ether oxygens (including phenoxy) is 2. The van der Waals surface area contributed by atoms with E-state index in [2.05, 4.69) is 21.2 Å². The summed E-state index contributed by atoms with van der Waals surface area (Å²) < 4.78 is 10.9. The zero-order valence-electron chi connectivity index (χ0n) is 12.6. The lowest BCUT2D eigenvalue weighted by atomic mass is 10.2. The van der Waals surface area contributed by atoms with Gasteiger partial charge in [-0.25, -0.2) is 4.79 Å². The third-order valence-corrected chi connectivity index (χ3v) is 3.86. The first kappa shape index (κ1) is 18.1. The molecule has 0 heterocycles. The molecule has 0 bridgehead atoms. The van der Waals surface area contributed by atoms with Gasteiger partial charge in [-0.05, 0) is 30.3 Å². The Kier molecular flexibility index (Phi) is 6.05. The van der Waals surface area contributed by atoms with E-state index in [4.69, 9.17) is 26.8 Å². The molecule has 0 aliphatic carbocycles. The SMILES string of the molecule is COc1cc(N)c(Cl)cc1C(=O)OCC(=O)Nc1ccc(Br)cc1. The fourth-order valence-corrected chi connectivity index (χ4v) is 2.26. The van der Waals surface area contributed by atoms with Gasteiger partial charge in [0.2, 0.25) is 0 Å². The summed E-state index contributed by atoms with van der Waals surface area (Å²) in [7, 11) is 1.39. The Morgan fingerprint density at radius 1 is 1.25 bits per heavy atom. The van der Waals surface area contributed by atoms with E-state index in [1.54, 1.807) is 24.3 Å². The van der Waals surface area contributed by atoms with Crippen molar-refractivity contribution in [2.24, 2.45) is 0 Å². The van der Waals surface area contributed by atoms with E-state index < -0.39 is 18.5 Å². The number of nitrogens with two attached hydrogens (primary N) is 1. The monoisotopic (exact) mass is 412 g/mol. The molecule has 8 heteroatoms. The summed E-state index contributed by atoms with van der Waals surface area (Å²) in [5, 5.41) is 2.81. The van der Waals surface area contributed by atoms with Crippen molar-refractivity contribution in [1.29, 1.82) is 0 Å². The second-order valence-corrected chi connectivity index (χ2v) is 6.03. The van der Waals surface area contributed by atoms with Crippen LogP contribution in [0.25, 0.3) is 0 Å². The van der Waals surface area contributed by atoms with E-state index in [0.717, 1.165) is 4.47 Å². The molecule has 0 unspecified atom stereocenters. The predicted molar refractivity (Wildman–Crippen MR) is 95.5 cm³/mol. The molecule has 0 radical (unpaired) electrons. The van der Waals surface area contributed by atoms with Crippen molar-refractivity contribution >= 4 is 50.8 Å². The Balaban J connectivity index is 1.99. The fraction of sp³-hybridized carbons (Fsp3) is 0.125. The van der Waals surface area contributed by atoms with Gasteiger partial charge in [0.25, 0.3) is 5.91 Å². The molecule has 126 valence electrons. The maximum Gasteiger partial charge on any atom is 0.342 e. The lowest BCUT2D eigenvalue weighted by Gasteiger charge is -2.11. The summed E-state index contributed by atoms with van der Waals surface area (Å²) in [6, 6.07) is 9.75. The Bertz CT molecular complexity index is 765. The molecule has 0 aromatic heterocycles. The number of halogens is 2. The maximum atomic E-state index is 12.1. The molecule has 1 amide bonds. The summed E-state index contributed by atoms with van der Waals surface area (Å²) in [5.74, 6) is -0.985. The second kappa shape index (κ2) is 8.03. The van der Waals surface area contributed by atoms with Crippen LogP contribution in [0, 0.1) is 0 Å². The third-order valence-electron chi connectivity index (χ3n) is 3.00. The number of hydrogen-bond acceptors (Lipinski definition) is 5. The van der Waals surface area contributed by atoms with Crippen LogP contribution in [-0.2, 0) is 9.53 Å². The van der Waals surface area contributed by atoms with Crippen molar-refractivity contribution in [1.82, 2.24) is 0 Å². The van der Waals surface area contributed by atoms with Crippen LogP contribution in [0.3, 0.4) is 0 Å². The van der Waals surface area contributed by atoms with E-state index in [1.807, 2.05) is 0 Å². The van der Waals surface area contributed by atoms with Gasteiger partial charge in [-0.3, -0.25) is 4.79 Å². The van der Waals surface area contributed by atoms with Gasteiger partial charge in [0.15, 0.2) is 6.61 Å². The van der Waals surface area contributed by atoms with E-state index >= 15 is 0 Å². The number of amides is 1. The summed E-state index contributed by atoms with van der Waals surface area (Å²) in [6.07, 6.45) is 0. The smallest absolute Gasteiger partial charge is 0.342 e. The molecular weight excluding hydrogens is 400 g/mol. The van der Waals surface area contributed by atoms with Crippen LogP contribution in [-0.4, -0.2) is 25.6 Å². The molecule has 2 rings (SSSR count). The van der Waals surface area contributed by atoms with E-state index in [0.29, 0.717) is 5.69 Å². The highest BCUT2D eigenvalue weighted by Crippen LogP contribution is 2.29. The first-order valence-corrected chi connectivity index (χ1v) is 7.93. The minimum atomic E-state index is -0.736. The molecule has 0 aliphatic rings. The lowest BCUT2D eigenvalue weighted by molar-refractivity contribution is -0.119. The van der Waals surface area contributed by atoms with Gasteiger partial charge >= 0.3 is 5.97 Å². The quantitative estimate of drug-likeness (QED) is 0.578. The van der Waals surface area contributed by atoms with Crippen molar-refractivity contribution in [3.8, 4) is 5.75 Å². The highest BCUT2D eigenvalue weighted by atomic mass is 79.9. The Morgan fingerprint density at radius 2 is 1.92 bits per heavy atom. The molecule has 0 atom stereocenters. The topological polar surface area (TPSA) is 90.7 Å². The molecule has 2 aromatic carbocycles. The van der Waals surface area contributed by atoms with Gasteiger partial charge in [-0.1, -0.05) is 27.5 Å². The zero-order chi connectivity index (χ0) is 17.7. The van der Waals surface area contributed by atoms with Gasteiger partial charge < -0.3 is 20.5 Å². The van der Waals surface area contributed by atoms with Crippen molar-refractivity contribution in [3.63, 3.8) is 0 Å². The molecule has 2 aromatic rings. The Labute approximate surface area is 152 Å². The van der Waals surface area contributed by atoms with Crippen LogP contribution < -0.4 is 15.8 Å². The standard InChI is InChI=1S/C16H14BrClN2O4/c1-23-14-7-13(19)12(18)6-11(14)16(22)24-8-15(21)20-10-4-2-9(17)3-5-10/h2-7H,8,19H2,1H3,(H,20,21). The minimum absolute atomic E-state index is 0.0909. The van der Waals surface area contributed by atoms with Crippen molar-refractivity contribution in [3.05, 3.63) is 51.5 Å². The second-order valence-electron chi connectivity index (χ2n) is 4.71. The predicted octanol–water partition coefficient (Wildman–Crippen LogP) is 3.49. The number of anilines is 2. The Morgan fingerprint density at radius 3 is 2.54 bits per heavy atom. The average Bonchev–Trinajstić information content (AvgIpc) is 2.56. The molecular formula is C16H14BrClN2O4. The van der Waals surface area contributed by atoms with E-state index in [9.17, 15) is 9.59 Å². The number of nitrogen functional groups attached to an aromatic ring is 1. The molecule has 24 heavy (non-hydrogen) atoms. The van der Waals surface area contributed by atoms with Crippen molar-refractivity contribution < 1.29 is 19.1 Å². The average molecular weight is 414 g/mol. The largest absolute Gasteiger partial charge is 0.496 e. The van der Waals surface area contributed by atoms with Crippen LogP contribution >= 0.6 is 27.5 Å². The first-order valence-electron chi connectivity index (χ1n) is 6.76. The number of carbonyl (C=O) groups excluding carboxylic acids is 2. The maximum absolute atomic E-state index is 12.1. The van der Waals surface area contributed by atoms with E-state index in [-0.39, 0.29) is 22.0 Å². The van der Waals surface area contributed by atoms with E-state index in [1.165, 1.54) is 19.2 Å². The van der Waals surface area contributed by atoms with Crippen LogP contribution in [0.1, 0.15) is 10.4 Å². The normalized spacial score (nSPS) is 10.1. The molecule has 0 saturated heterocycles.